The Bertz CT molecular complexity index is 1110. The molecule has 144 valence electrons. The number of hydrogen-bond acceptors (Lipinski definition) is 5. The van der Waals surface area contributed by atoms with Crippen molar-refractivity contribution >= 4 is 40.5 Å². The lowest BCUT2D eigenvalue weighted by Gasteiger charge is -2.25. The Kier molecular flexibility index (Phi) is 4.78. The number of rotatable bonds is 3. The quantitative estimate of drug-likeness (QED) is 0.398. The molecule has 0 bridgehead atoms. The Hall–Kier alpha value is -4.00. The molecule has 0 saturated carbocycles. The largest absolute Gasteiger partial charge is 0.338 e. The first-order valence-electron chi connectivity index (χ1n) is 9.27. The van der Waals surface area contributed by atoms with Crippen molar-refractivity contribution < 1.29 is 4.79 Å². The zero-order chi connectivity index (χ0) is 20.4. The molecule has 0 radical (unpaired) electrons. The second-order valence-corrected chi connectivity index (χ2v) is 6.55. The van der Waals surface area contributed by atoms with Crippen molar-refractivity contribution in [2.45, 2.75) is 13.3 Å². The molecule has 0 atom stereocenters. The van der Waals surface area contributed by atoms with Gasteiger partial charge in [0.25, 0.3) is 0 Å². The van der Waals surface area contributed by atoms with Crippen LogP contribution in [0.2, 0.25) is 0 Å². The summed E-state index contributed by atoms with van der Waals surface area (Å²) in [5.41, 5.74) is 3.38. The van der Waals surface area contributed by atoms with Gasteiger partial charge < -0.3 is 10.6 Å². The van der Waals surface area contributed by atoms with Gasteiger partial charge in [0.1, 0.15) is 11.7 Å². The van der Waals surface area contributed by atoms with Gasteiger partial charge in [-0.25, -0.2) is 4.98 Å². The number of amides is 1. The van der Waals surface area contributed by atoms with Crippen molar-refractivity contribution in [1.82, 2.24) is 4.98 Å². The summed E-state index contributed by atoms with van der Waals surface area (Å²) < 4.78 is 0. The summed E-state index contributed by atoms with van der Waals surface area (Å²) in [4.78, 5) is 17.6. The normalized spacial score (nSPS) is 12.3. The summed E-state index contributed by atoms with van der Waals surface area (Å²) in [6, 6.07) is 18.2. The lowest BCUT2D eigenvalue weighted by Crippen LogP contribution is -2.36. The molecule has 7 heteroatoms. The van der Waals surface area contributed by atoms with Gasteiger partial charge >= 0.3 is 0 Å². The summed E-state index contributed by atoms with van der Waals surface area (Å²) in [5.74, 6) is 0.855. The molecule has 0 saturated heterocycles. The highest BCUT2D eigenvalue weighted by atomic mass is 16.1. The van der Waals surface area contributed by atoms with Crippen LogP contribution in [0, 0.1) is 10.8 Å². The molecule has 1 aliphatic rings. The van der Waals surface area contributed by atoms with Crippen LogP contribution < -0.4 is 15.5 Å². The summed E-state index contributed by atoms with van der Waals surface area (Å²) in [7, 11) is 0. The van der Waals surface area contributed by atoms with E-state index in [2.05, 4.69) is 15.6 Å². The molecule has 0 spiro atoms. The second-order valence-electron chi connectivity index (χ2n) is 6.55. The Morgan fingerprint density at radius 3 is 2.62 bits per heavy atom. The van der Waals surface area contributed by atoms with E-state index < -0.39 is 0 Å². The van der Waals surface area contributed by atoms with Crippen molar-refractivity contribution in [3.63, 3.8) is 0 Å². The Morgan fingerprint density at radius 1 is 1.10 bits per heavy atom. The van der Waals surface area contributed by atoms with Gasteiger partial charge in [-0.1, -0.05) is 19.1 Å². The number of carbonyl (C=O) groups is 1. The first-order chi connectivity index (χ1) is 14.1. The van der Waals surface area contributed by atoms with Crippen molar-refractivity contribution in [1.29, 1.82) is 10.8 Å². The first kappa shape index (κ1) is 18.4. The fraction of sp³-hybridized carbons (Fsp3) is 0.0909. The van der Waals surface area contributed by atoms with Gasteiger partial charge in [0, 0.05) is 29.4 Å². The minimum Gasteiger partial charge on any atom is -0.338 e. The van der Waals surface area contributed by atoms with E-state index in [9.17, 15) is 4.79 Å². The van der Waals surface area contributed by atoms with Gasteiger partial charge in [0.2, 0.25) is 5.91 Å². The fourth-order valence-corrected chi connectivity index (χ4v) is 3.16. The zero-order valence-corrected chi connectivity index (χ0v) is 15.9. The smallest absolute Gasteiger partial charge is 0.224 e. The summed E-state index contributed by atoms with van der Waals surface area (Å²) >= 11 is 0. The van der Waals surface area contributed by atoms with Gasteiger partial charge in [-0.15, -0.1) is 0 Å². The standard InChI is InChI=1S/C22H20N6O/c1-2-19(29)26-15-11-9-14(10-12-15)20(23)28-18-8-5-13-25-22(18)27-17-7-4-3-6-16(17)21(28)24/h3-13,23-24H,2H2,1H3,(H,25,27)(H,26,29). The molecule has 4 rings (SSSR count). The molecule has 1 aromatic heterocycles. The fourth-order valence-electron chi connectivity index (χ4n) is 3.16. The highest BCUT2D eigenvalue weighted by Gasteiger charge is 2.28. The highest BCUT2D eigenvalue weighted by Crippen LogP contribution is 2.34. The van der Waals surface area contributed by atoms with Crippen LogP contribution in [0.1, 0.15) is 24.5 Å². The molecule has 1 amide bonds. The van der Waals surface area contributed by atoms with Crippen LogP contribution in [-0.2, 0) is 4.79 Å². The topological polar surface area (TPSA) is 105 Å². The average molecular weight is 384 g/mol. The lowest BCUT2D eigenvalue weighted by atomic mass is 10.1. The summed E-state index contributed by atoms with van der Waals surface area (Å²) in [6.45, 7) is 1.79. The van der Waals surface area contributed by atoms with E-state index >= 15 is 0 Å². The Labute approximate surface area is 168 Å². The third kappa shape index (κ3) is 3.45. The Balaban J connectivity index is 1.74. The molecule has 0 fully saturated rings. The predicted molar refractivity (Wildman–Crippen MR) is 115 cm³/mol. The number of pyridine rings is 1. The third-order valence-corrected chi connectivity index (χ3v) is 4.67. The van der Waals surface area contributed by atoms with Crippen molar-refractivity contribution in [2.75, 3.05) is 15.5 Å². The first-order valence-corrected chi connectivity index (χ1v) is 9.27. The summed E-state index contributed by atoms with van der Waals surface area (Å²) in [5, 5.41) is 23.7. The number of nitrogens with zero attached hydrogens (tertiary/aromatic N) is 2. The van der Waals surface area contributed by atoms with E-state index in [-0.39, 0.29) is 17.6 Å². The van der Waals surface area contributed by atoms with Crippen LogP contribution in [0.25, 0.3) is 0 Å². The monoisotopic (exact) mass is 384 g/mol. The number of benzene rings is 2. The Morgan fingerprint density at radius 2 is 1.86 bits per heavy atom. The summed E-state index contributed by atoms with van der Waals surface area (Å²) in [6.07, 6.45) is 2.08. The van der Waals surface area contributed by atoms with Crippen LogP contribution in [-0.4, -0.2) is 22.6 Å². The van der Waals surface area contributed by atoms with Crippen LogP contribution >= 0.6 is 0 Å². The lowest BCUT2D eigenvalue weighted by molar-refractivity contribution is -0.115. The maximum absolute atomic E-state index is 11.6. The molecule has 4 N–H and O–H groups in total. The van der Waals surface area contributed by atoms with Crippen LogP contribution in [0.15, 0.2) is 66.9 Å². The van der Waals surface area contributed by atoms with Gasteiger partial charge in [-0.2, -0.15) is 0 Å². The molecular formula is C22H20N6O. The van der Waals surface area contributed by atoms with E-state index in [1.807, 2.05) is 30.3 Å². The van der Waals surface area contributed by atoms with Crippen LogP contribution in [0.4, 0.5) is 22.9 Å². The number of amidine groups is 2. The second kappa shape index (κ2) is 7.55. The maximum Gasteiger partial charge on any atom is 0.224 e. The van der Waals surface area contributed by atoms with Crippen molar-refractivity contribution in [2.24, 2.45) is 0 Å². The number of nitrogens with one attached hydrogen (secondary N) is 4. The van der Waals surface area contributed by atoms with Gasteiger partial charge in [0.05, 0.1) is 11.4 Å². The average Bonchev–Trinajstić information content (AvgIpc) is 2.87. The highest BCUT2D eigenvalue weighted by molar-refractivity contribution is 6.30. The van der Waals surface area contributed by atoms with Crippen LogP contribution in [0.5, 0.6) is 0 Å². The van der Waals surface area contributed by atoms with Crippen molar-refractivity contribution in [3.05, 3.63) is 78.0 Å². The van der Waals surface area contributed by atoms with Crippen molar-refractivity contribution in [3.8, 4) is 0 Å². The zero-order valence-electron chi connectivity index (χ0n) is 15.9. The SMILES string of the molecule is CCC(=O)Nc1ccc(C(=N)N2C(=N)c3ccccc3Nc3ncccc32)cc1. The molecular weight excluding hydrogens is 364 g/mol. The minimum atomic E-state index is -0.0650. The molecule has 2 aromatic carbocycles. The number of fused-ring (bicyclic) bond motifs is 2. The van der Waals surface area contributed by atoms with E-state index in [1.54, 1.807) is 48.4 Å². The van der Waals surface area contributed by atoms with E-state index in [0.717, 1.165) is 5.69 Å². The molecule has 1 aliphatic heterocycles. The maximum atomic E-state index is 11.6. The molecule has 3 aromatic rings. The number of aromatic nitrogens is 1. The third-order valence-electron chi connectivity index (χ3n) is 4.67. The minimum absolute atomic E-state index is 0.0650. The predicted octanol–water partition coefficient (Wildman–Crippen LogP) is 4.34. The molecule has 0 unspecified atom stereocenters. The molecule has 2 heterocycles. The van der Waals surface area contributed by atoms with Gasteiger partial charge in [-0.3, -0.25) is 20.5 Å². The van der Waals surface area contributed by atoms with E-state index in [1.165, 1.54) is 0 Å². The molecule has 7 nitrogen and oxygen atoms in total. The van der Waals surface area contributed by atoms with Gasteiger partial charge in [0.15, 0.2) is 5.82 Å². The number of para-hydroxylation sites is 1. The molecule has 0 aliphatic carbocycles. The number of anilines is 4. The molecule has 29 heavy (non-hydrogen) atoms. The van der Waals surface area contributed by atoms with E-state index in [4.69, 9.17) is 10.8 Å². The van der Waals surface area contributed by atoms with E-state index in [0.29, 0.717) is 34.7 Å². The number of carbonyl (C=O) groups excluding carboxylic acids is 1. The van der Waals surface area contributed by atoms with Gasteiger partial charge in [-0.05, 0) is 48.5 Å². The number of hydrogen-bond donors (Lipinski definition) is 4. The van der Waals surface area contributed by atoms with Crippen LogP contribution in [0.3, 0.4) is 0 Å².